The van der Waals surface area contributed by atoms with Gasteiger partial charge < -0.3 is 5.32 Å². The highest BCUT2D eigenvalue weighted by atomic mass is 35.5. The maximum atomic E-state index is 12.6. The Morgan fingerprint density at radius 2 is 1.71 bits per heavy atom. The zero-order chi connectivity index (χ0) is 17.7. The van der Waals surface area contributed by atoms with Gasteiger partial charge in [-0.05, 0) is 36.8 Å². The quantitative estimate of drug-likeness (QED) is 0.799. The smallest absolute Gasteiger partial charge is 0.243 e. The summed E-state index contributed by atoms with van der Waals surface area (Å²) in [6.07, 6.45) is 0. The Kier molecular flexibility index (Phi) is 5.99. The molecular weight excluding hydrogens is 348 g/mol. The molecule has 2 aromatic carbocycles. The van der Waals surface area contributed by atoms with Crippen LogP contribution >= 0.6 is 11.6 Å². The maximum absolute atomic E-state index is 12.6. The number of alkyl halides is 1. The van der Waals surface area contributed by atoms with Crippen LogP contribution in [0.3, 0.4) is 0 Å². The molecule has 5 nitrogen and oxygen atoms in total. The lowest BCUT2D eigenvalue weighted by Crippen LogP contribution is -2.26. The van der Waals surface area contributed by atoms with Gasteiger partial charge in [-0.1, -0.05) is 30.3 Å². The minimum absolute atomic E-state index is 0.165. The Morgan fingerprint density at radius 1 is 1.12 bits per heavy atom. The number of hydrogen-bond donors (Lipinski definition) is 1. The van der Waals surface area contributed by atoms with Crippen molar-refractivity contribution >= 4 is 33.2 Å². The summed E-state index contributed by atoms with van der Waals surface area (Å²) in [5.74, 6) is -0.339. The van der Waals surface area contributed by atoms with E-state index in [1.165, 1.54) is 23.5 Å². The Balaban J connectivity index is 2.13. The highest BCUT2D eigenvalue weighted by Gasteiger charge is 2.21. The van der Waals surface area contributed by atoms with E-state index in [4.69, 9.17) is 11.6 Å². The van der Waals surface area contributed by atoms with Gasteiger partial charge in [0.2, 0.25) is 15.9 Å². The molecule has 2 rings (SSSR count). The summed E-state index contributed by atoms with van der Waals surface area (Å²) >= 11 is 5.69. The minimum Gasteiger partial charge on any atom is -0.325 e. The van der Waals surface area contributed by atoms with Gasteiger partial charge in [-0.3, -0.25) is 4.79 Å². The molecule has 0 aliphatic rings. The van der Waals surface area contributed by atoms with Gasteiger partial charge in [-0.2, -0.15) is 4.31 Å². The van der Waals surface area contributed by atoms with Gasteiger partial charge >= 0.3 is 0 Å². The van der Waals surface area contributed by atoms with Crippen molar-refractivity contribution in [3.05, 3.63) is 60.2 Å². The van der Waals surface area contributed by atoms with Crippen LogP contribution in [-0.4, -0.2) is 31.1 Å². The predicted octanol–water partition coefficient (Wildman–Crippen LogP) is 3.07. The number of rotatable bonds is 6. The van der Waals surface area contributed by atoms with Gasteiger partial charge in [0.15, 0.2) is 0 Å². The molecule has 1 atom stereocenters. The third-order valence-electron chi connectivity index (χ3n) is 3.44. The van der Waals surface area contributed by atoms with Gasteiger partial charge in [0, 0.05) is 19.3 Å². The van der Waals surface area contributed by atoms with Crippen LogP contribution in [0.1, 0.15) is 12.5 Å². The largest absolute Gasteiger partial charge is 0.325 e. The molecule has 0 spiro atoms. The lowest BCUT2D eigenvalue weighted by atomic mass is 10.2. The standard InChI is InChI=1S/C17H19ClN2O3S/c1-13(18)17(21)19-15-8-10-16(11-9-15)24(22,23)20(2)12-14-6-4-3-5-7-14/h3-11,13H,12H2,1-2H3,(H,19,21)/t13-/m1/s1. The van der Waals surface area contributed by atoms with E-state index in [0.29, 0.717) is 5.69 Å². The second-order valence-electron chi connectivity index (χ2n) is 5.38. The van der Waals surface area contributed by atoms with Gasteiger partial charge in [0.1, 0.15) is 5.38 Å². The first-order valence-corrected chi connectivity index (χ1v) is 9.23. The molecule has 0 unspecified atom stereocenters. The first kappa shape index (κ1) is 18.4. The second-order valence-corrected chi connectivity index (χ2v) is 8.08. The van der Waals surface area contributed by atoms with E-state index in [9.17, 15) is 13.2 Å². The van der Waals surface area contributed by atoms with Gasteiger partial charge in [-0.15, -0.1) is 11.6 Å². The highest BCUT2D eigenvalue weighted by molar-refractivity contribution is 7.89. The normalized spacial score (nSPS) is 12.8. The molecule has 128 valence electrons. The van der Waals surface area contributed by atoms with Crippen molar-refractivity contribution in [1.82, 2.24) is 4.31 Å². The average Bonchev–Trinajstić information content (AvgIpc) is 2.56. The summed E-state index contributed by atoms with van der Waals surface area (Å²) < 4.78 is 26.5. The van der Waals surface area contributed by atoms with Crippen molar-refractivity contribution in [3.63, 3.8) is 0 Å². The number of nitrogens with one attached hydrogen (secondary N) is 1. The van der Waals surface area contributed by atoms with Crippen molar-refractivity contribution < 1.29 is 13.2 Å². The van der Waals surface area contributed by atoms with Crippen LogP contribution in [0.15, 0.2) is 59.5 Å². The van der Waals surface area contributed by atoms with E-state index in [1.54, 1.807) is 19.1 Å². The molecule has 24 heavy (non-hydrogen) atoms. The molecule has 0 radical (unpaired) electrons. The fourth-order valence-electron chi connectivity index (χ4n) is 2.06. The van der Waals surface area contributed by atoms with Crippen LogP contribution in [0.25, 0.3) is 0 Å². The van der Waals surface area contributed by atoms with E-state index in [2.05, 4.69) is 5.32 Å². The number of anilines is 1. The highest BCUT2D eigenvalue weighted by Crippen LogP contribution is 2.19. The number of hydrogen-bond acceptors (Lipinski definition) is 3. The van der Waals surface area contributed by atoms with Crippen LogP contribution in [0.4, 0.5) is 5.69 Å². The third-order valence-corrected chi connectivity index (χ3v) is 5.46. The van der Waals surface area contributed by atoms with E-state index in [0.717, 1.165) is 5.56 Å². The number of carbonyl (C=O) groups excluding carboxylic acids is 1. The molecule has 0 bridgehead atoms. The van der Waals surface area contributed by atoms with E-state index in [1.807, 2.05) is 30.3 Å². The average molecular weight is 367 g/mol. The summed E-state index contributed by atoms with van der Waals surface area (Å²) in [5, 5.41) is 1.95. The van der Waals surface area contributed by atoms with E-state index >= 15 is 0 Å². The van der Waals surface area contributed by atoms with Crippen molar-refractivity contribution in [3.8, 4) is 0 Å². The SMILES string of the molecule is C[C@@H](Cl)C(=O)Nc1ccc(S(=O)(=O)N(C)Cc2ccccc2)cc1. The van der Waals surface area contributed by atoms with Crippen LogP contribution in [-0.2, 0) is 21.4 Å². The van der Waals surface area contributed by atoms with Gasteiger partial charge in [0.25, 0.3) is 0 Å². The lowest BCUT2D eigenvalue weighted by molar-refractivity contribution is -0.115. The fraction of sp³-hybridized carbons (Fsp3) is 0.235. The second kappa shape index (κ2) is 7.79. The van der Waals surface area contributed by atoms with E-state index in [-0.39, 0.29) is 17.3 Å². The molecule has 0 saturated carbocycles. The number of sulfonamides is 1. The third kappa shape index (κ3) is 4.56. The Morgan fingerprint density at radius 3 is 2.25 bits per heavy atom. The lowest BCUT2D eigenvalue weighted by Gasteiger charge is -2.17. The summed E-state index contributed by atoms with van der Waals surface area (Å²) in [6.45, 7) is 1.85. The molecule has 0 aliphatic heterocycles. The first-order valence-electron chi connectivity index (χ1n) is 7.36. The molecule has 0 aromatic heterocycles. The summed E-state index contributed by atoms with van der Waals surface area (Å²) in [5.41, 5.74) is 1.40. The van der Waals surface area contributed by atoms with Crippen molar-refractivity contribution in [2.75, 3.05) is 12.4 Å². The fourth-order valence-corrected chi connectivity index (χ4v) is 3.27. The van der Waals surface area contributed by atoms with Crippen LogP contribution in [0.5, 0.6) is 0 Å². The molecule has 0 aliphatic carbocycles. The number of amides is 1. The number of benzene rings is 2. The minimum atomic E-state index is -3.60. The summed E-state index contributed by atoms with van der Waals surface area (Å²) in [7, 11) is -2.07. The molecule has 0 fully saturated rings. The number of carbonyl (C=O) groups is 1. The Bertz CT molecular complexity index is 790. The topological polar surface area (TPSA) is 66.5 Å². The molecule has 1 amide bonds. The molecule has 0 heterocycles. The predicted molar refractivity (Wildman–Crippen MR) is 95.5 cm³/mol. The first-order chi connectivity index (χ1) is 11.3. The zero-order valence-electron chi connectivity index (χ0n) is 13.4. The maximum Gasteiger partial charge on any atom is 0.243 e. The monoisotopic (exact) mass is 366 g/mol. The molecule has 2 aromatic rings. The van der Waals surface area contributed by atoms with Crippen LogP contribution in [0.2, 0.25) is 0 Å². The van der Waals surface area contributed by atoms with Crippen molar-refractivity contribution in [2.24, 2.45) is 0 Å². The molecular formula is C17H19ClN2O3S. The molecule has 1 N–H and O–H groups in total. The summed E-state index contributed by atoms with van der Waals surface area (Å²) in [6, 6.07) is 15.4. The molecule has 0 saturated heterocycles. The Hall–Kier alpha value is -1.89. The zero-order valence-corrected chi connectivity index (χ0v) is 15.0. The molecule has 7 heteroatoms. The van der Waals surface area contributed by atoms with Crippen molar-refractivity contribution in [2.45, 2.75) is 23.7 Å². The number of halogens is 1. The van der Waals surface area contributed by atoms with Gasteiger partial charge in [-0.25, -0.2) is 8.42 Å². The van der Waals surface area contributed by atoms with E-state index < -0.39 is 15.4 Å². The van der Waals surface area contributed by atoms with Crippen LogP contribution < -0.4 is 5.32 Å². The van der Waals surface area contributed by atoms with Crippen molar-refractivity contribution in [1.29, 1.82) is 0 Å². The van der Waals surface area contributed by atoms with Gasteiger partial charge in [0.05, 0.1) is 4.90 Å². The number of nitrogens with zero attached hydrogens (tertiary/aromatic N) is 1. The summed E-state index contributed by atoms with van der Waals surface area (Å²) in [4.78, 5) is 11.7. The van der Waals surface area contributed by atoms with Crippen LogP contribution in [0, 0.1) is 0 Å². The Labute approximate surface area is 147 Å².